The zero-order valence-corrected chi connectivity index (χ0v) is 20.6. The molecule has 0 radical (unpaired) electrons. The van der Waals surface area contributed by atoms with Crippen molar-refractivity contribution in [3.8, 4) is 33.4 Å². The third-order valence-corrected chi connectivity index (χ3v) is 7.84. The molecule has 0 saturated heterocycles. The monoisotopic (exact) mass is 482 g/mol. The number of aromatic nitrogens is 2. The second-order valence-corrected chi connectivity index (χ2v) is 9.86. The second-order valence-electron chi connectivity index (χ2n) is 9.86. The van der Waals surface area contributed by atoms with Crippen LogP contribution in [0.5, 0.6) is 0 Å². The number of hydrogen-bond donors (Lipinski definition) is 0. The molecule has 38 heavy (non-hydrogen) atoms. The standard InChI is InChI=1S/C36H22N2/c1-2-28-22-38-21-18-32(28)29(3-1)23-4-6-24(7-5-23)30-12-8-26-11-15-34-31(25-16-19-37-20-17-25)13-9-27-10-14-33(30)35(26)36(27)34/h1-22H. The average molecular weight is 483 g/mol. The zero-order valence-electron chi connectivity index (χ0n) is 20.6. The first kappa shape index (κ1) is 21.0. The van der Waals surface area contributed by atoms with Crippen LogP contribution in [0.4, 0.5) is 0 Å². The molecule has 0 saturated carbocycles. The maximum atomic E-state index is 4.28. The van der Waals surface area contributed by atoms with Crippen molar-refractivity contribution in [1.29, 1.82) is 0 Å². The van der Waals surface area contributed by atoms with E-state index in [0.717, 1.165) is 5.39 Å². The van der Waals surface area contributed by atoms with Crippen LogP contribution in [0.3, 0.4) is 0 Å². The predicted molar refractivity (Wildman–Crippen MR) is 160 cm³/mol. The van der Waals surface area contributed by atoms with Gasteiger partial charge >= 0.3 is 0 Å². The van der Waals surface area contributed by atoms with Crippen LogP contribution in [-0.4, -0.2) is 9.97 Å². The van der Waals surface area contributed by atoms with E-state index in [1.54, 1.807) is 0 Å². The summed E-state index contributed by atoms with van der Waals surface area (Å²) in [6.45, 7) is 0. The van der Waals surface area contributed by atoms with Gasteiger partial charge in [0.25, 0.3) is 0 Å². The molecule has 8 rings (SSSR count). The van der Waals surface area contributed by atoms with Gasteiger partial charge in [-0.1, -0.05) is 91.0 Å². The van der Waals surface area contributed by atoms with Gasteiger partial charge in [0.1, 0.15) is 0 Å². The maximum Gasteiger partial charge on any atom is 0.0346 e. The summed E-state index contributed by atoms with van der Waals surface area (Å²) in [5.74, 6) is 0. The van der Waals surface area contributed by atoms with Crippen LogP contribution in [-0.2, 0) is 0 Å². The van der Waals surface area contributed by atoms with Crippen LogP contribution in [0.2, 0.25) is 0 Å². The Balaban J connectivity index is 1.31. The highest BCUT2D eigenvalue weighted by atomic mass is 14.6. The van der Waals surface area contributed by atoms with Gasteiger partial charge in [0.15, 0.2) is 0 Å². The quantitative estimate of drug-likeness (QED) is 0.234. The molecular weight excluding hydrogens is 460 g/mol. The number of nitrogens with zero attached hydrogens (tertiary/aromatic N) is 2. The van der Waals surface area contributed by atoms with Crippen LogP contribution < -0.4 is 0 Å². The number of hydrogen-bond acceptors (Lipinski definition) is 2. The summed E-state index contributed by atoms with van der Waals surface area (Å²) < 4.78 is 0. The van der Waals surface area contributed by atoms with Crippen LogP contribution in [0.1, 0.15) is 0 Å². The molecule has 0 amide bonds. The number of benzene rings is 6. The fourth-order valence-corrected chi connectivity index (χ4v) is 6.04. The molecule has 0 atom stereocenters. The lowest BCUT2D eigenvalue weighted by atomic mass is 9.87. The van der Waals surface area contributed by atoms with Crippen molar-refractivity contribution >= 4 is 43.1 Å². The first-order valence-electron chi connectivity index (χ1n) is 12.9. The average Bonchev–Trinajstić information content (AvgIpc) is 3.00. The van der Waals surface area contributed by atoms with Gasteiger partial charge in [-0.3, -0.25) is 9.97 Å². The fourth-order valence-electron chi connectivity index (χ4n) is 6.04. The molecule has 0 aliphatic heterocycles. The van der Waals surface area contributed by atoms with Gasteiger partial charge in [-0.2, -0.15) is 0 Å². The summed E-state index contributed by atoms with van der Waals surface area (Å²) in [6.07, 6.45) is 7.53. The minimum Gasteiger partial charge on any atom is -0.265 e. The van der Waals surface area contributed by atoms with E-state index in [1.165, 1.54) is 71.1 Å². The Bertz CT molecular complexity index is 2100. The molecular formula is C36H22N2. The van der Waals surface area contributed by atoms with Gasteiger partial charge in [0.2, 0.25) is 0 Å². The normalized spacial score (nSPS) is 11.7. The van der Waals surface area contributed by atoms with Crippen molar-refractivity contribution in [2.75, 3.05) is 0 Å². The molecule has 2 nitrogen and oxygen atoms in total. The Morgan fingerprint density at radius 3 is 1.50 bits per heavy atom. The smallest absolute Gasteiger partial charge is 0.0346 e. The molecule has 0 bridgehead atoms. The second kappa shape index (κ2) is 8.22. The summed E-state index contributed by atoms with van der Waals surface area (Å²) in [5, 5.41) is 10.2. The van der Waals surface area contributed by atoms with Gasteiger partial charge < -0.3 is 0 Å². The Labute approximate surface area is 220 Å². The Hall–Kier alpha value is -5.08. The first-order valence-corrected chi connectivity index (χ1v) is 12.9. The lowest BCUT2D eigenvalue weighted by Gasteiger charge is -2.16. The Morgan fingerprint density at radius 1 is 0.342 bits per heavy atom. The van der Waals surface area contributed by atoms with Crippen molar-refractivity contribution < 1.29 is 0 Å². The minimum atomic E-state index is 1.16. The van der Waals surface area contributed by atoms with E-state index in [4.69, 9.17) is 0 Å². The van der Waals surface area contributed by atoms with Crippen LogP contribution in [0.25, 0.3) is 76.5 Å². The molecule has 0 spiro atoms. The summed E-state index contributed by atoms with van der Waals surface area (Å²) in [5.41, 5.74) is 7.37. The molecule has 0 N–H and O–H groups in total. The molecule has 176 valence electrons. The highest BCUT2D eigenvalue weighted by Gasteiger charge is 2.15. The van der Waals surface area contributed by atoms with E-state index in [2.05, 4.69) is 119 Å². The molecule has 2 heterocycles. The minimum absolute atomic E-state index is 1.16. The molecule has 0 unspecified atom stereocenters. The van der Waals surface area contributed by atoms with Crippen LogP contribution >= 0.6 is 0 Å². The third-order valence-electron chi connectivity index (χ3n) is 7.84. The van der Waals surface area contributed by atoms with Crippen molar-refractivity contribution in [3.63, 3.8) is 0 Å². The van der Waals surface area contributed by atoms with E-state index >= 15 is 0 Å². The number of fused-ring (bicyclic) bond motifs is 1. The van der Waals surface area contributed by atoms with E-state index < -0.39 is 0 Å². The fraction of sp³-hybridized carbons (Fsp3) is 0. The molecule has 0 fully saturated rings. The topological polar surface area (TPSA) is 25.8 Å². The van der Waals surface area contributed by atoms with Crippen molar-refractivity contribution in [1.82, 2.24) is 9.97 Å². The van der Waals surface area contributed by atoms with E-state index in [-0.39, 0.29) is 0 Å². The van der Waals surface area contributed by atoms with Crippen molar-refractivity contribution in [2.24, 2.45) is 0 Å². The highest BCUT2D eigenvalue weighted by Crippen LogP contribution is 2.42. The number of pyridine rings is 2. The van der Waals surface area contributed by atoms with Crippen molar-refractivity contribution in [2.45, 2.75) is 0 Å². The van der Waals surface area contributed by atoms with Gasteiger partial charge in [0, 0.05) is 30.2 Å². The Kier molecular flexibility index (Phi) is 4.55. The lowest BCUT2D eigenvalue weighted by molar-refractivity contribution is 1.33. The summed E-state index contributed by atoms with van der Waals surface area (Å²) in [6, 6.07) is 39.8. The van der Waals surface area contributed by atoms with Gasteiger partial charge in [-0.25, -0.2) is 0 Å². The summed E-state index contributed by atoms with van der Waals surface area (Å²) in [4.78, 5) is 8.50. The molecule has 0 aliphatic carbocycles. The lowest BCUT2D eigenvalue weighted by Crippen LogP contribution is -1.89. The third kappa shape index (κ3) is 3.14. The van der Waals surface area contributed by atoms with E-state index in [9.17, 15) is 0 Å². The van der Waals surface area contributed by atoms with Gasteiger partial charge in [-0.05, 0) is 89.3 Å². The molecule has 2 aromatic heterocycles. The Morgan fingerprint density at radius 2 is 0.868 bits per heavy atom. The summed E-state index contributed by atoms with van der Waals surface area (Å²) in [7, 11) is 0. The first-order chi connectivity index (χ1) is 18.8. The molecule has 6 aromatic carbocycles. The van der Waals surface area contributed by atoms with Crippen molar-refractivity contribution in [3.05, 3.63) is 134 Å². The summed E-state index contributed by atoms with van der Waals surface area (Å²) >= 11 is 0. The van der Waals surface area contributed by atoms with Crippen LogP contribution in [0, 0.1) is 0 Å². The zero-order chi connectivity index (χ0) is 25.1. The van der Waals surface area contributed by atoms with Gasteiger partial charge in [0.05, 0.1) is 0 Å². The molecule has 0 aliphatic rings. The number of rotatable bonds is 3. The van der Waals surface area contributed by atoms with E-state index in [0.29, 0.717) is 0 Å². The molecule has 8 aromatic rings. The van der Waals surface area contributed by atoms with E-state index in [1.807, 2.05) is 24.8 Å². The van der Waals surface area contributed by atoms with Gasteiger partial charge in [-0.15, -0.1) is 0 Å². The van der Waals surface area contributed by atoms with Crippen LogP contribution in [0.15, 0.2) is 134 Å². The highest BCUT2D eigenvalue weighted by molar-refractivity contribution is 6.27. The maximum absolute atomic E-state index is 4.28. The largest absolute Gasteiger partial charge is 0.265 e. The molecule has 2 heteroatoms. The SMILES string of the molecule is c1cc(-c2ccc(-c3ccc4ccc5c(-c6ccncc6)ccc6ccc3c4c65)cc2)c2ccncc2c1. The predicted octanol–water partition coefficient (Wildman–Crippen LogP) is 9.53.